The quantitative estimate of drug-likeness (QED) is 0.870. The lowest BCUT2D eigenvalue weighted by Crippen LogP contribution is -2.33. The number of pyridine rings is 1. The number of nitrogens with one attached hydrogen (secondary N) is 1. The molecule has 1 saturated heterocycles. The molecule has 0 bridgehead atoms. The van der Waals surface area contributed by atoms with Gasteiger partial charge in [-0.1, -0.05) is 22.9 Å². The van der Waals surface area contributed by atoms with Gasteiger partial charge < -0.3 is 10.2 Å². The Hall–Kier alpha value is -1.88. The molecule has 120 valence electrons. The van der Waals surface area contributed by atoms with Crippen molar-refractivity contribution in [2.24, 2.45) is 5.92 Å². The van der Waals surface area contributed by atoms with E-state index in [4.69, 9.17) is 0 Å². The zero-order valence-corrected chi connectivity index (χ0v) is 14.7. The number of halogens is 1. The minimum absolute atomic E-state index is 0.181. The molecule has 2 aromatic rings. The smallest absolute Gasteiger partial charge is 0.274 e. The van der Waals surface area contributed by atoms with Gasteiger partial charge in [0.2, 0.25) is 0 Å². The number of benzene rings is 1. The molecule has 23 heavy (non-hydrogen) atoms. The highest BCUT2D eigenvalue weighted by Crippen LogP contribution is 2.23. The van der Waals surface area contributed by atoms with Crippen LogP contribution >= 0.6 is 15.9 Å². The van der Waals surface area contributed by atoms with Gasteiger partial charge in [-0.2, -0.15) is 0 Å². The van der Waals surface area contributed by atoms with Crippen molar-refractivity contribution in [3.63, 3.8) is 0 Å². The van der Waals surface area contributed by atoms with Gasteiger partial charge in [-0.05, 0) is 55.2 Å². The van der Waals surface area contributed by atoms with Crippen LogP contribution < -0.4 is 10.2 Å². The minimum Gasteiger partial charge on any atom is -0.371 e. The summed E-state index contributed by atoms with van der Waals surface area (Å²) in [4.78, 5) is 18.9. The predicted octanol–water partition coefficient (Wildman–Crippen LogP) is 4.33. The van der Waals surface area contributed by atoms with Gasteiger partial charge >= 0.3 is 0 Å². The molecule has 1 aliphatic heterocycles. The Labute approximate surface area is 145 Å². The Morgan fingerprint density at radius 1 is 1.22 bits per heavy atom. The maximum Gasteiger partial charge on any atom is 0.274 e. The van der Waals surface area contributed by atoms with Crippen LogP contribution in [0.4, 0.5) is 11.4 Å². The van der Waals surface area contributed by atoms with E-state index in [9.17, 15) is 4.79 Å². The van der Waals surface area contributed by atoms with Crippen molar-refractivity contribution in [2.75, 3.05) is 23.3 Å². The summed E-state index contributed by atoms with van der Waals surface area (Å²) in [6.45, 7) is 4.37. The van der Waals surface area contributed by atoms with Crippen LogP contribution in [0.3, 0.4) is 0 Å². The topological polar surface area (TPSA) is 45.2 Å². The van der Waals surface area contributed by atoms with E-state index in [1.54, 1.807) is 6.20 Å². The molecule has 4 nitrogen and oxygen atoms in total. The molecule has 1 N–H and O–H groups in total. The standard InChI is InChI=1S/C18H20BrN3O/c1-13-7-10-22(11-8-13)16-6-9-20-17(12-16)18(23)21-15-4-2-14(19)3-5-15/h2-6,9,12-13H,7-8,10-11H2,1H3,(H,21,23). The number of carbonyl (C=O) groups excluding carboxylic acids is 1. The fourth-order valence-corrected chi connectivity index (χ4v) is 3.00. The zero-order chi connectivity index (χ0) is 16.2. The van der Waals surface area contributed by atoms with Gasteiger partial charge in [-0.3, -0.25) is 9.78 Å². The highest BCUT2D eigenvalue weighted by atomic mass is 79.9. The average molecular weight is 374 g/mol. The van der Waals surface area contributed by atoms with E-state index in [2.05, 4.69) is 38.1 Å². The summed E-state index contributed by atoms with van der Waals surface area (Å²) in [6.07, 6.45) is 4.11. The number of hydrogen-bond donors (Lipinski definition) is 1. The van der Waals surface area contributed by atoms with Crippen LogP contribution in [0.5, 0.6) is 0 Å². The molecule has 3 rings (SSSR count). The van der Waals surface area contributed by atoms with E-state index >= 15 is 0 Å². The van der Waals surface area contributed by atoms with Crippen LogP contribution in [-0.2, 0) is 0 Å². The molecule has 1 aliphatic rings. The van der Waals surface area contributed by atoms with Gasteiger partial charge in [-0.15, -0.1) is 0 Å². The number of anilines is 2. The van der Waals surface area contributed by atoms with E-state index in [0.717, 1.165) is 34.9 Å². The molecule has 0 spiro atoms. The molecule has 0 saturated carbocycles. The van der Waals surface area contributed by atoms with E-state index in [1.807, 2.05) is 36.4 Å². The summed E-state index contributed by atoms with van der Waals surface area (Å²) in [7, 11) is 0. The van der Waals surface area contributed by atoms with Crippen molar-refractivity contribution >= 4 is 33.2 Å². The number of nitrogens with zero attached hydrogens (tertiary/aromatic N) is 2. The van der Waals surface area contributed by atoms with Gasteiger partial charge in [0.1, 0.15) is 5.69 Å². The molecule has 0 atom stereocenters. The first-order valence-electron chi connectivity index (χ1n) is 7.90. The molecule has 1 fully saturated rings. The minimum atomic E-state index is -0.181. The Balaban J connectivity index is 1.71. The molecular formula is C18H20BrN3O. The third-order valence-corrected chi connectivity index (χ3v) is 4.76. The van der Waals surface area contributed by atoms with E-state index in [1.165, 1.54) is 12.8 Å². The fraction of sp³-hybridized carbons (Fsp3) is 0.333. The fourth-order valence-electron chi connectivity index (χ4n) is 2.74. The Kier molecular flexibility index (Phi) is 4.96. The zero-order valence-electron chi connectivity index (χ0n) is 13.1. The lowest BCUT2D eigenvalue weighted by molar-refractivity contribution is 0.102. The highest BCUT2D eigenvalue weighted by molar-refractivity contribution is 9.10. The molecule has 1 aromatic carbocycles. The molecule has 0 aliphatic carbocycles. The van der Waals surface area contributed by atoms with Crippen LogP contribution in [0.2, 0.25) is 0 Å². The normalized spacial score (nSPS) is 15.5. The number of amides is 1. The summed E-state index contributed by atoms with van der Waals surface area (Å²) in [5.74, 6) is 0.604. The Morgan fingerprint density at radius 3 is 2.61 bits per heavy atom. The van der Waals surface area contributed by atoms with Crippen LogP contribution in [0.25, 0.3) is 0 Å². The van der Waals surface area contributed by atoms with Crippen molar-refractivity contribution in [3.05, 3.63) is 52.8 Å². The third-order valence-electron chi connectivity index (χ3n) is 4.23. The first-order valence-corrected chi connectivity index (χ1v) is 8.69. The molecule has 2 heterocycles. The monoisotopic (exact) mass is 373 g/mol. The lowest BCUT2D eigenvalue weighted by Gasteiger charge is -2.32. The molecule has 0 radical (unpaired) electrons. The van der Waals surface area contributed by atoms with E-state index in [0.29, 0.717) is 5.69 Å². The van der Waals surface area contributed by atoms with Gasteiger partial charge in [0.15, 0.2) is 0 Å². The summed E-state index contributed by atoms with van der Waals surface area (Å²) >= 11 is 3.38. The third kappa shape index (κ3) is 4.10. The maximum absolute atomic E-state index is 12.4. The number of aromatic nitrogens is 1. The van der Waals surface area contributed by atoms with Crippen LogP contribution in [0.1, 0.15) is 30.3 Å². The second kappa shape index (κ2) is 7.13. The largest absolute Gasteiger partial charge is 0.371 e. The van der Waals surface area contributed by atoms with Crippen LogP contribution in [0.15, 0.2) is 47.1 Å². The summed E-state index contributed by atoms with van der Waals surface area (Å²) in [5.41, 5.74) is 2.29. The maximum atomic E-state index is 12.4. The molecule has 1 amide bonds. The van der Waals surface area contributed by atoms with Gasteiger partial charge in [-0.25, -0.2) is 0 Å². The average Bonchev–Trinajstić information content (AvgIpc) is 2.58. The van der Waals surface area contributed by atoms with Crippen LogP contribution in [-0.4, -0.2) is 24.0 Å². The number of piperidine rings is 1. The van der Waals surface area contributed by atoms with Crippen molar-refractivity contribution in [1.29, 1.82) is 0 Å². The van der Waals surface area contributed by atoms with Crippen molar-refractivity contribution in [3.8, 4) is 0 Å². The highest BCUT2D eigenvalue weighted by Gasteiger charge is 2.17. The van der Waals surface area contributed by atoms with Crippen molar-refractivity contribution in [1.82, 2.24) is 4.98 Å². The van der Waals surface area contributed by atoms with Crippen molar-refractivity contribution in [2.45, 2.75) is 19.8 Å². The summed E-state index contributed by atoms with van der Waals surface area (Å²) < 4.78 is 0.981. The number of hydrogen-bond acceptors (Lipinski definition) is 3. The molecule has 0 unspecified atom stereocenters. The first-order chi connectivity index (χ1) is 11.1. The van der Waals surface area contributed by atoms with Crippen molar-refractivity contribution < 1.29 is 4.79 Å². The number of carbonyl (C=O) groups is 1. The molecule has 1 aromatic heterocycles. The SMILES string of the molecule is CC1CCN(c2ccnc(C(=O)Nc3ccc(Br)cc3)c2)CC1. The van der Waals surface area contributed by atoms with E-state index in [-0.39, 0.29) is 5.91 Å². The summed E-state index contributed by atoms with van der Waals surface area (Å²) in [5, 5.41) is 2.88. The molecule has 5 heteroatoms. The number of rotatable bonds is 3. The Bertz CT molecular complexity index is 679. The lowest BCUT2D eigenvalue weighted by atomic mass is 9.99. The molecular weight excluding hydrogens is 354 g/mol. The van der Waals surface area contributed by atoms with Gasteiger partial charge in [0.05, 0.1) is 0 Å². The second-order valence-electron chi connectivity index (χ2n) is 6.03. The summed E-state index contributed by atoms with van der Waals surface area (Å²) in [6, 6.07) is 11.4. The van der Waals surface area contributed by atoms with Gasteiger partial charge in [0, 0.05) is 35.1 Å². The Morgan fingerprint density at radius 2 is 1.91 bits per heavy atom. The van der Waals surface area contributed by atoms with E-state index < -0.39 is 0 Å². The predicted molar refractivity (Wildman–Crippen MR) is 96.9 cm³/mol. The second-order valence-corrected chi connectivity index (χ2v) is 6.95. The van der Waals surface area contributed by atoms with Crippen LogP contribution in [0, 0.1) is 5.92 Å². The first kappa shape index (κ1) is 16.0. The van der Waals surface area contributed by atoms with Gasteiger partial charge in [0.25, 0.3) is 5.91 Å².